The normalized spacial score (nSPS) is 23.1. The second-order valence-electron chi connectivity index (χ2n) is 6.73. The molecule has 21 heavy (non-hydrogen) atoms. The van der Waals surface area contributed by atoms with Crippen LogP contribution >= 0.6 is 15.9 Å². The lowest BCUT2D eigenvalue weighted by molar-refractivity contribution is -0.144. The van der Waals surface area contributed by atoms with Crippen molar-refractivity contribution < 1.29 is 9.90 Å². The molecule has 0 bridgehead atoms. The number of carboxylic acids is 1. The van der Waals surface area contributed by atoms with Crippen molar-refractivity contribution in [2.45, 2.75) is 56.9 Å². The van der Waals surface area contributed by atoms with E-state index in [2.05, 4.69) is 21.2 Å². The van der Waals surface area contributed by atoms with Gasteiger partial charge in [-0.2, -0.15) is 0 Å². The van der Waals surface area contributed by atoms with Gasteiger partial charge in [-0.15, -0.1) is 0 Å². The Balaban J connectivity index is 1.75. The minimum absolute atomic E-state index is 0.445. The van der Waals surface area contributed by atoms with Gasteiger partial charge in [-0.1, -0.05) is 28.8 Å². The molecule has 0 radical (unpaired) electrons. The summed E-state index contributed by atoms with van der Waals surface area (Å²) in [6.45, 7) is 0. The number of nitrogens with one attached hydrogen (secondary N) is 1. The largest absolute Gasteiger partial charge is 0.480 e. The first-order chi connectivity index (χ1) is 10.0. The van der Waals surface area contributed by atoms with Gasteiger partial charge in [0.25, 0.3) is 0 Å². The van der Waals surface area contributed by atoms with Gasteiger partial charge in [0, 0.05) is 10.2 Å². The Morgan fingerprint density at radius 3 is 2.10 bits per heavy atom. The van der Waals surface area contributed by atoms with E-state index in [1.165, 1.54) is 25.7 Å². The summed E-state index contributed by atoms with van der Waals surface area (Å²) in [7, 11) is 0. The van der Waals surface area contributed by atoms with Crippen LogP contribution in [0.4, 0.5) is 5.69 Å². The fraction of sp³-hybridized carbons (Fsp3) is 0.588. The lowest BCUT2D eigenvalue weighted by Crippen LogP contribution is -2.50. The maximum Gasteiger partial charge on any atom is 0.329 e. The van der Waals surface area contributed by atoms with Gasteiger partial charge in [-0.3, -0.25) is 0 Å². The molecule has 114 valence electrons. The van der Waals surface area contributed by atoms with Crippen LogP contribution in [0.3, 0.4) is 0 Å². The average Bonchev–Trinajstić information content (AvgIpc) is 2.93. The molecule has 4 heteroatoms. The Labute approximate surface area is 134 Å². The second kappa shape index (κ2) is 5.64. The highest BCUT2D eigenvalue weighted by Gasteiger charge is 2.48. The lowest BCUT2D eigenvalue weighted by atomic mass is 9.66. The van der Waals surface area contributed by atoms with Gasteiger partial charge in [0.1, 0.15) is 5.54 Å². The number of anilines is 1. The van der Waals surface area contributed by atoms with E-state index in [-0.39, 0.29) is 0 Å². The van der Waals surface area contributed by atoms with Crippen LogP contribution < -0.4 is 5.32 Å². The minimum Gasteiger partial charge on any atom is -0.480 e. The first-order valence-corrected chi connectivity index (χ1v) is 8.60. The topological polar surface area (TPSA) is 49.3 Å². The molecule has 2 aliphatic carbocycles. The van der Waals surface area contributed by atoms with Crippen LogP contribution in [0.2, 0.25) is 0 Å². The standard InChI is InChI=1S/C17H22BrNO2/c18-13-3-5-14(6-4-13)19-17(15(20)21)11-9-16(10-12-17)7-1-2-8-16/h3-6,19H,1-2,7-12H2,(H,20,21). The van der Waals surface area contributed by atoms with Gasteiger partial charge < -0.3 is 10.4 Å². The summed E-state index contributed by atoms with van der Waals surface area (Å²) < 4.78 is 1.01. The predicted molar refractivity (Wildman–Crippen MR) is 87.5 cm³/mol. The molecule has 0 aliphatic heterocycles. The van der Waals surface area contributed by atoms with Crippen molar-refractivity contribution >= 4 is 27.6 Å². The second-order valence-corrected chi connectivity index (χ2v) is 7.64. The number of carbonyl (C=O) groups is 1. The summed E-state index contributed by atoms with van der Waals surface area (Å²) in [5.74, 6) is -0.710. The molecule has 2 N–H and O–H groups in total. The number of hydrogen-bond donors (Lipinski definition) is 2. The summed E-state index contributed by atoms with van der Waals surface area (Å²) in [5, 5.41) is 13.1. The van der Waals surface area contributed by atoms with E-state index in [0.29, 0.717) is 5.41 Å². The Hall–Kier alpha value is -1.03. The van der Waals surface area contributed by atoms with E-state index < -0.39 is 11.5 Å². The first-order valence-electron chi connectivity index (χ1n) is 7.81. The van der Waals surface area contributed by atoms with E-state index in [9.17, 15) is 9.90 Å². The third kappa shape index (κ3) is 2.96. The van der Waals surface area contributed by atoms with Crippen LogP contribution in [0.15, 0.2) is 28.7 Å². The predicted octanol–water partition coefficient (Wildman–Crippen LogP) is 4.82. The van der Waals surface area contributed by atoms with Gasteiger partial charge in [0.05, 0.1) is 0 Å². The van der Waals surface area contributed by atoms with Crippen molar-refractivity contribution in [1.82, 2.24) is 0 Å². The zero-order chi connectivity index (χ0) is 14.9. The van der Waals surface area contributed by atoms with Gasteiger partial charge >= 0.3 is 5.97 Å². The molecular weight excluding hydrogens is 330 g/mol. The number of halogens is 1. The Morgan fingerprint density at radius 2 is 1.57 bits per heavy atom. The monoisotopic (exact) mass is 351 g/mol. The van der Waals surface area contributed by atoms with Gasteiger partial charge in [-0.25, -0.2) is 4.79 Å². The van der Waals surface area contributed by atoms with E-state index in [0.717, 1.165) is 35.8 Å². The van der Waals surface area contributed by atoms with Crippen LogP contribution in [0, 0.1) is 5.41 Å². The summed E-state index contributed by atoms with van der Waals surface area (Å²) in [6, 6.07) is 7.77. The van der Waals surface area contributed by atoms with Crippen LogP contribution in [0.1, 0.15) is 51.4 Å². The van der Waals surface area contributed by atoms with Crippen molar-refractivity contribution in [2.24, 2.45) is 5.41 Å². The molecule has 0 atom stereocenters. The Bertz CT molecular complexity index is 510. The fourth-order valence-electron chi connectivity index (χ4n) is 4.03. The molecule has 1 aromatic carbocycles. The van der Waals surface area contributed by atoms with E-state index in [1.807, 2.05) is 24.3 Å². The van der Waals surface area contributed by atoms with Gasteiger partial charge in [0.2, 0.25) is 0 Å². The Kier molecular flexibility index (Phi) is 4.00. The average molecular weight is 352 g/mol. The number of carboxylic acid groups (broad SMARTS) is 1. The van der Waals surface area contributed by atoms with Gasteiger partial charge in [-0.05, 0) is 68.2 Å². The van der Waals surface area contributed by atoms with E-state index in [4.69, 9.17) is 0 Å². The zero-order valence-electron chi connectivity index (χ0n) is 12.2. The summed E-state index contributed by atoms with van der Waals surface area (Å²) in [5.41, 5.74) is 0.546. The zero-order valence-corrected chi connectivity index (χ0v) is 13.8. The van der Waals surface area contributed by atoms with Crippen molar-refractivity contribution in [2.75, 3.05) is 5.32 Å². The van der Waals surface area contributed by atoms with E-state index >= 15 is 0 Å². The maximum absolute atomic E-state index is 11.9. The third-order valence-electron chi connectivity index (χ3n) is 5.47. The van der Waals surface area contributed by atoms with Crippen LogP contribution in [0.25, 0.3) is 0 Å². The van der Waals surface area contributed by atoms with Gasteiger partial charge in [0.15, 0.2) is 0 Å². The summed E-state index contributed by atoms with van der Waals surface area (Å²) in [4.78, 5) is 11.9. The van der Waals surface area contributed by atoms with Crippen LogP contribution in [-0.4, -0.2) is 16.6 Å². The van der Waals surface area contributed by atoms with Crippen LogP contribution in [0.5, 0.6) is 0 Å². The molecule has 2 saturated carbocycles. The van der Waals surface area contributed by atoms with Crippen molar-refractivity contribution in [1.29, 1.82) is 0 Å². The molecule has 3 rings (SSSR count). The molecular formula is C17H22BrNO2. The lowest BCUT2D eigenvalue weighted by Gasteiger charge is -2.43. The molecule has 2 aliphatic rings. The van der Waals surface area contributed by atoms with E-state index in [1.54, 1.807) is 0 Å². The highest BCUT2D eigenvalue weighted by Crippen LogP contribution is 2.51. The van der Waals surface area contributed by atoms with Crippen molar-refractivity contribution in [3.05, 3.63) is 28.7 Å². The van der Waals surface area contributed by atoms with Crippen molar-refractivity contribution in [3.63, 3.8) is 0 Å². The molecule has 2 fully saturated rings. The highest BCUT2D eigenvalue weighted by atomic mass is 79.9. The molecule has 1 spiro atoms. The number of aliphatic carboxylic acids is 1. The minimum atomic E-state index is -0.790. The molecule has 0 amide bonds. The maximum atomic E-state index is 11.9. The third-order valence-corrected chi connectivity index (χ3v) is 5.99. The molecule has 0 aromatic heterocycles. The number of rotatable bonds is 3. The first kappa shape index (κ1) is 14.9. The Morgan fingerprint density at radius 1 is 1.00 bits per heavy atom. The molecule has 0 unspecified atom stereocenters. The highest BCUT2D eigenvalue weighted by molar-refractivity contribution is 9.10. The smallest absolute Gasteiger partial charge is 0.329 e. The summed E-state index contributed by atoms with van der Waals surface area (Å²) in [6.07, 6.45) is 8.78. The molecule has 0 saturated heterocycles. The van der Waals surface area contributed by atoms with Crippen molar-refractivity contribution in [3.8, 4) is 0 Å². The number of hydrogen-bond acceptors (Lipinski definition) is 2. The molecule has 1 aromatic rings. The summed E-state index contributed by atoms with van der Waals surface area (Å²) >= 11 is 3.41. The van der Waals surface area contributed by atoms with Crippen LogP contribution in [-0.2, 0) is 4.79 Å². The molecule has 0 heterocycles. The number of benzene rings is 1. The fourth-order valence-corrected chi connectivity index (χ4v) is 4.30. The SMILES string of the molecule is O=C(O)C1(Nc2ccc(Br)cc2)CCC2(CCCC2)CC1. The molecule has 3 nitrogen and oxygen atoms in total. The quantitative estimate of drug-likeness (QED) is 0.820.